The van der Waals surface area contributed by atoms with Gasteiger partial charge < -0.3 is 5.32 Å². The van der Waals surface area contributed by atoms with E-state index < -0.39 is 11.6 Å². The van der Waals surface area contributed by atoms with Gasteiger partial charge in [0.15, 0.2) is 11.6 Å². The summed E-state index contributed by atoms with van der Waals surface area (Å²) in [5.74, 6) is -1.64. The van der Waals surface area contributed by atoms with Crippen LogP contribution in [0.15, 0.2) is 40.9 Å². The first-order valence-electron chi connectivity index (χ1n) is 6.66. The van der Waals surface area contributed by atoms with E-state index in [-0.39, 0.29) is 6.04 Å². The molecule has 0 fully saturated rings. The van der Waals surface area contributed by atoms with Crippen molar-refractivity contribution in [1.82, 2.24) is 5.32 Å². The largest absolute Gasteiger partial charge is 0.306 e. The Morgan fingerprint density at radius 2 is 1.90 bits per heavy atom. The van der Waals surface area contributed by atoms with Gasteiger partial charge in [-0.3, -0.25) is 0 Å². The summed E-state index contributed by atoms with van der Waals surface area (Å²) in [7, 11) is 0. The highest BCUT2D eigenvalue weighted by atomic mass is 127. The molecule has 0 aliphatic carbocycles. The van der Waals surface area contributed by atoms with E-state index in [1.807, 2.05) is 18.2 Å². The van der Waals surface area contributed by atoms with E-state index in [0.29, 0.717) is 0 Å². The predicted molar refractivity (Wildman–Crippen MR) is 93.4 cm³/mol. The molecular weight excluding hydrogens is 451 g/mol. The lowest BCUT2D eigenvalue weighted by molar-refractivity contribution is 0.503. The monoisotopic (exact) mass is 465 g/mol. The zero-order valence-electron chi connectivity index (χ0n) is 11.5. The third-order valence-electron chi connectivity index (χ3n) is 3.14. The first kappa shape index (κ1) is 16.8. The highest BCUT2D eigenvalue weighted by molar-refractivity contribution is 14.1. The Morgan fingerprint density at radius 1 is 1.14 bits per heavy atom. The second-order valence-electron chi connectivity index (χ2n) is 4.73. The van der Waals surface area contributed by atoms with Crippen molar-refractivity contribution in [2.45, 2.75) is 19.4 Å². The first-order chi connectivity index (χ1) is 10.0. The van der Waals surface area contributed by atoms with E-state index in [2.05, 4.69) is 50.8 Å². The molecule has 112 valence electrons. The van der Waals surface area contributed by atoms with Crippen molar-refractivity contribution in [3.05, 3.63) is 67.2 Å². The molecule has 0 saturated heterocycles. The normalized spacial score (nSPS) is 12.4. The molecule has 2 aromatic carbocycles. The van der Waals surface area contributed by atoms with Gasteiger partial charge in [0.25, 0.3) is 0 Å². The first-order valence-corrected chi connectivity index (χ1v) is 8.53. The fourth-order valence-corrected chi connectivity index (χ4v) is 3.15. The molecule has 0 spiro atoms. The van der Waals surface area contributed by atoms with Gasteiger partial charge in [0.05, 0.1) is 6.04 Å². The molecule has 0 saturated carbocycles. The lowest BCUT2D eigenvalue weighted by Crippen LogP contribution is -2.24. The smallest absolute Gasteiger partial charge is 0.159 e. The Kier molecular flexibility index (Phi) is 6.13. The standard InChI is InChI=1S/C16H15BrF2IN/c1-2-7-21-16(10-3-5-13(18)14(19)8-10)12-9-11(17)4-6-15(12)20/h3-6,8-9,16,21H,2,7H2,1H3. The summed E-state index contributed by atoms with van der Waals surface area (Å²) >= 11 is 5.72. The average molecular weight is 466 g/mol. The molecule has 0 aliphatic rings. The zero-order valence-corrected chi connectivity index (χ0v) is 15.2. The topological polar surface area (TPSA) is 12.0 Å². The molecule has 0 aromatic heterocycles. The fourth-order valence-electron chi connectivity index (χ4n) is 2.12. The van der Waals surface area contributed by atoms with Crippen molar-refractivity contribution in [3.8, 4) is 0 Å². The average Bonchev–Trinajstić information content (AvgIpc) is 2.46. The molecule has 1 nitrogen and oxygen atoms in total. The molecule has 2 rings (SSSR count). The van der Waals surface area contributed by atoms with Crippen LogP contribution >= 0.6 is 38.5 Å². The third-order valence-corrected chi connectivity index (χ3v) is 4.62. The fraction of sp³-hybridized carbons (Fsp3) is 0.250. The molecule has 1 N–H and O–H groups in total. The third kappa shape index (κ3) is 4.23. The number of nitrogens with one attached hydrogen (secondary N) is 1. The van der Waals surface area contributed by atoms with Crippen LogP contribution in [-0.4, -0.2) is 6.54 Å². The van der Waals surface area contributed by atoms with Gasteiger partial charge in [-0.1, -0.05) is 28.9 Å². The van der Waals surface area contributed by atoms with Crippen molar-refractivity contribution in [1.29, 1.82) is 0 Å². The molecule has 21 heavy (non-hydrogen) atoms. The molecule has 0 amide bonds. The highest BCUT2D eigenvalue weighted by Crippen LogP contribution is 2.29. The Morgan fingerprint density at radius 3 is 2.57 bits per heavy atom. The van der Waals surface area contributed by atoms with E-state index in [1.54, 1.807) is 6.07 Å². The highest BCUT2D eigenvalue weighted by Gasteiger charge is 2.18. The van der Waals surface area contributed by atoms with E-state index in [9.17, 15) is 8.78 Å². The van der Waals surface area contributed by atoms with Gasteiger partial charge in [-0.25, -0.2) is 8.78 Å². The van der Waals surface area contributed by atoms with Crippen LogP contribution in [0.5, 0.6) is 0 Å². The van der Waals surface area contributed by atoms with Crippen molar-refractivity contribution in [3.63, 3.8) is 0 Å². The summed E-state index contributed by atoms with van der Waals surface area (Å²) < 4.78 is 28.7. The van der Waals surface area contributed by atoms with Crippen LogP contribution in [-0.2, 0) is 0 Å². The Labute approximate surface area is 145 Å². The Balaban J connectivity index is 2.46. The van der Waals surface area contributed by atoms with Gasteiger partial charge in [0, 0.05) is 8.04 Å². The summed E-state index contributed by atoms with van der Waals surface area (Å²) in [4.78, 5) is 0. The van der Waals surface area contributed by atoms with Crippen molar-refractivity contribution >= 4 is 38.5 Å². The second kappa shape index (κ2) is 7.65. The maximum Gasteiger partial charge on any atom is 0.159 e. The van der Waals surface area contributed by atoms with Gasteiger partial charge in [-0.05, 0) is 77.0 Å². The second-order valence-corrected chi connectivity index (χ2v) is 6.80. The van der Waals surface area contributed by atoms with Crippen LogP contribution in [0.4, 0.5) is 8.78 Å². The molecule has 0 bridgehead atoms. The lowest BCUT2D eigenvalue weighted by atomic mass is 9.98. The number of halogens is 4. The van der Waals surface area contributed by atoms with Crippen LogP contribution < -0.4 is 5.32 Å². The van der Waals surface area contributed by atoms with Gasteiger partial charge in [-0.15, -0.1) is 0 Å². The van der Waals surface area contributed by atoms with Gasteiger partial charge in [0.1, 0.15) is 0 Å². The van der Waals surface area contributed by atoms with Crippen LogP contribution in [0.25, 0.3) is 0 Å². The van der Waals surface area contributed by atoms with Crippen LogP contribution in [0.3, 0.4) is 0 Å². The van der Waals surface area contributed by atoms with Gasteiger partial charge >= 0.3 is 0 Å². The molecule has 0 radical (unpaired) electrons. The maximum atomic E-state index is 13.5. The summed E-state index contributed by atoms with van der Waals surface area (Å²) in [5.41, 5.74) is 1.77. The number of hydrogen-bond donors (Lipinski definition) is 1. The number of rotatable bonds is 5. The molecular formula is C16H15BrF2IN. The molecule has 1 atom stereocenters. The van der Waals surface area contributed by atoms with Gasteiger partial charge in [0.2, 0.25) is 0 Å². The molecule has 1 unspecified atom stereocenters. The molecule has 0 heterocycles. The minimum absolute atomic E-state index is 0.163. The van der Waals surface area contributed by atoms with E-state index in [1.165, 1.54) is 12.1 Å². The van der Waals surface area contributed by atoms with Crippen molar-refractivity contribution in [2.24, 2.45) is 0 Å². The van der Waals surface area contributed by atoms with Crippen molar-refractivity contribution < 1.29 is 8.78 Å². The molecule has 0 aliphatic heterocycles. The summed E-state index contributed by atoms with van der Waals surface area (Å²) in [6, 6.07) is 9.88. The van der Waals surface area contributed by atoms with Crippen LogP contribution in [0.2, 0.25) is 0 Å². The molecule has 2 aromatic rings. The van der Waals surface area contributed by atoms with Crippen LogP contribution in [0, 0.1) is 15.2 Å². The zero-order chi connectivity index (χ0) is 15.4. The Bertz CT molecular complexity index is 634. The van der Waals surface area contributed by atoms with Crippen molar-refractivity contribution in [2.75, 3.05) is 6.54 Å². The minimum atomic E-state index is -0.822. The predicted octanol–water partition coefficient (Wildman–Crippen LogP) is 5.42. The lowest BCUT2D eigenvalue weighted by Gasteiger charge is -2.21. The Hall–Kier alpha value is -0.530. The summed E-state index contributed by atoms with van der Waals surface area (Å²) in [5, 5.41) is 3.40. The maximum absolute atomic E-state index is 13.5. The van der Waals surface area contributed by atoms with Gasteiger partial charge in [-0.2, -0.15) is 0 Å². The quantitative estimate of drug-likeness (QED) is 0.581. The number of benzene rings is 2. The summed E-state index contributed by atoms with van der Waals surface area (Å²) in [6.07, 6.45) is 0.963. The van der Waals surface area contributed by atoms with E-state index in [4.69, 9.17) is 0 Å². The van der Waals surface area contributed by atoms with E-state index in [0.717, 1.165) is 32.1 Å². The van der Waals surface area contributed by atoms with E-state index >= 15 is 0 Å². The summed E-state index contributed by atoms with van der Waals surface area (Å²) in [6.45, 7) is 2.87. The molecule has 5 heteroatoms. The SMILES string of the molecule is CCCNC(c1ccc(F)c(F)c1)c1cc(Br)ccc1I. The minimum Gasteiger partial charge on any atom is -0.306 e. The van der Waals surface area contributed by atoms with Crippen LogP contribution in [0.1, 0.15) is 30.5 Å². The number of hydrogen-bond acceptors (Lipinski definition) is 1.